The van der Waals surface area contributed by atoms with Crippen LogP contribution in [-0.4, -0.2) is 41.9 Å². The van der Waals surface area contributed by atoms with E-state index in [1.807, 2.05) is 31.3 Å². The number of nitrogens with one attached hydrogen (secondary N) is 1. The zero-order valence-corrected chi connectivity index (χ0v) is 10.9. The lowest BCUT2D eigenvalue weighted by Crippen LogP contribution is -2.33. The van der Waals surface area contributed by atoms with Gasteiger partial charge in [-0.3, -0.25) is 0 Å². The molecule has 1 heterocycles. The highest BCUT2D eigenvalue weighted by Gasteiger charge is 2.09. The normalized spacial score (nSPS) is 10.8. The van der Waals surface area contributed by atoms with Crippen molar-refractivity contribution in [2.45, 2.75) is 13.3 Å². The van der Waals surface area contributed by atoms with Crippen LogP contribution in [0.25, 0.3) is 11.0 Å². The molecule has 0 unspecified atom stereocenters. The molecule has 0 saturated carbocycles. The van der Waals surface area contributed by atoms with Crippen LogP contribution < -0.4 is 10.2 Å². The summed E-state index contributed by atoms with van der Waals surface area (Å²) in [6.07, 6.45) is 1.07. The highest BCUT2D eigenvalue weighted by atomic mass is 15.3. The van der Waals surface area contributed by atoms with Gasteiger partial charge in [0.1, 0.15) is 5.52 Å². The molecule has 1 aromatic carbocycles. The Morgan fingerprint density at radius 1 is 1.11 bits per heavy atom. The van der Waals surface area contributed by atoms with E-state index in [-0.39, 0.29) is 0 Å². The van der Waals surface area contributed by atoms with Crippen molar-refractivity contribution in [2.75, 3.05) is 31.6 Å². The molecule has 0 spiro atoms. The SMILES string of the molecule is CCCN(CCNC)c1nnc2ccccc2n1. The van der Waals surface area contributed by atoms with Crippen molar-refractivity contribution in [3.63, 3.8) is 0 Å². The molecule has 0 aliphatic carbocycles. The Morgan fingerprint density at radius 2 is 1.89 bits per heavy atom. The molecule has 1 aromatic heterocycles. The Bertz CT molecular complexity index is 499. The first-order valence-corrected chi connectivity index (χ1v) is 6.34. The molecule has 5 nitrogen and oxygen atoms in total. The van der Waals surface area contributed by atoms with E-state index in [2.05, 4.69) is 32.3 Å². The number of nitrogens with zero attached hydrogens (tertiary/aromatic N) is 4. The Kier molecular flexibility index (Phi) is 4.41. The van der Waals surface area contributed by atoms with Crippen molar-refractivity contribution < 1.29 is 0 Å². The zero-order valence-electron chi connectivity index (χ0n) is 10.9. The smallest absolute Gasteiger partial charge is 0.245 e. The first-order chi connectivity index (χ1) is 8.85. The van der Waals surface area contributed by atoms with Crippen molar-refractivity contribution in [1.29, 1.82) is 0 Å². The van der Waals surface area contributed by atoms with Crippen LogP contribution in [0.3, 0.4) is 0 Å². The zero-order chi connectivity index (χ0) is 12.8. The molecule has 0 fully saturated rings. The second kappa shape index (κ2) is 6.26. The van der Waals surface area contributed by atoms with E-state index in [9.17, 15) is 0 Å². The molecule has 0 bridgehead atoms. The second-order valence-electron chi connectivity index (χ2n) is 4.19. The molecule has 0 aliphatic rings. The van der Waals surface area contributed by atoms with Gasteiger partial charge in [0.15, 0.2) is 0 Å². The summed E-state index contributed by atoms with van der Waals surface area (Å²) in [5.74, 6) is 0.714. The number of benzene rings is 1. The highest BCUT2D eigenvalue weighted by molar-refractivity contribution is 5.74. The first kappa shape index (κ1) is 12.7. The van der Waals surface area contributed by atoms with Gasteiger partial charge in [-0.05, 0) is 25.6 Å². The van der Waals surface area contributed by atoms with Gasteiger partial charge in [-0.2, -0.15) is 0 Å². The lowest BCUT2D eigenvalue weighted by molar-refractivity contribution is 0.688. The molecule has 0 aliphatic heterocycles. The Balaban J connectivity index is 2.25. The molecule has 2 aromatic rings. The lowest BCUT2D eigenvalue weighted by Gasteiger charge is -2.21. The Labute approximate surface area is 107 Å². The van der Waals surface area contributed by atoms with E-state index < -0.39 is 0 Å². The molecule has 0 amide bonds. The molecule has 0 atom stereocenters. The maximum absolute atomic E-state index is 4.57. The quantitative estimate of drug-likeness (QED) is 0.835. The summed E-state index contributed by atoms with van der Waals surface area (Å²) >= 11 is 0. The number of para-hydroxylation sites is 1. The minimum absolute atomic E-state index is 0.714. The molecule has 2 rings (SSSR count). The minimum atomic E-state index is 0.714. The van der Waals surface area contributed by atoms with Crippen molar-refractivity contribution in [1.82, 2.24) is 20.5 Å². The van der Waals surface area contributed by atoms with Gasteiger partial charge in [-0.15, -0.1) is 10.2 Å². The van der Waals surface area contributed by atoms with E-state index in [0.717, 1.165) is 37.1 Å². The topological polar surface area (TPSA) is 53.9 Å². The summed E-state index contributed by atoms with van der Waals surface area (Å²) < 4.78 is 0. The number of fused-ring (bicyclic) bond motifs is 1. The van der Waals surface area contributed by atoms with E-state index in [4.69, 9.17) is 0 Å². The summed E-state index contributed by atoms with van der Waals surface area (Å²) in [6, 6.07) is 7.81. The Hall–Kier alpha value is -1.75. The minimum Gasteiger partial charge on any atom is -0.338 e. The summed E-state index contributed by atoms with van der Waals surface area (Å²) in [6.45, 7) is 4.91. The van der Waals surface area contributed by atoms with Crippen LogP contribution in [0.15, 0.2) is 24.3 Å². The fraction of sp³-hybridized carbons (Fsp3) is 0.462. The summed E-state index contributed by atoms with van der Waals surface area (Å²) in [5.41, 5.74) is 1.74. The monoisotopic (exact) mass is 245 g/mol. The van der Waals surface area contributed by atoms with Crippen molar-refractivity contribution in [2.24, 2.45) is 0 Å². The summed E-state index contributed by atoms with van der Waals surface area (Å²) in [7, 11) is 1.95. The van der Waals surface area contributed by atoms with Gasteiger partial charge in [-0.1, -0.05) is 19.1 Å². The number of anilines is 1. The van der Waals surface area contributed by atoms with E-state index in [1.54, 1.807) is 0 Å². The third kappa shape index (κ3) is 2.92. The summed E-state index contributed by atoms with van der Waals surface area (Å²) in [5, 5.41) is 11.6. The van der Waals surface area contributed by atoms with Gasteiger partial charge in [0, 0.05) is 19.6 Å². The van der Waals surface area contributed by atoms with E-state index >= 15 is 0 Å². The van der Waals surface area contributed by atoms with Crippen molar-refractivity contribution >= 4 is 17.0 Å². The van der Waals surface area contributed by atoms with Crippen LogP contribution >= 0.6 is 0 Å². The number of aromatic nitrogens is 3. The van der Waals surface area contributed by atoms with Gasteiger partial charge < -0.3 is 10.2 Å². The molecular formula is C13H19N5. The predicted octanol–water partition coefficient (Wildman–Crippen LogP) is 1.46. The largest absolute Gasteiger partial charge is 0.338 e. The predicted molar refractivity (Wildman–Crippen MR) is 73.8 cm³/mol. The van der Waals surface area contributed by atoms with Crippen LogP contribution in [0.4, 0.5) is 5.95 Å². The average molecular weight is 245 g/mol. The van der Waals surface area contributed by atoms with Gasteiger partial charge in [0.2, 0.25) is 5.95 Å². The van der Waals surface area contributed by atoms with Crippen molar-refractivity contribution in [3.05, 3.63) is 24.3 Å². The van der Waals surface area contributed by atoms with Gasteiger partial charge in [0.05, 0.1) is 5.52 Å². The van der Waals surface area contributed by atoms with Crippen LogP contribution in [-0.2, 0) is 0 Å². The molecular weight excluding hydrogens is 226 g/mol. The van der Waals surface area contributed by atoms with E-state index in [1.165, 1.54) is 0 Å². The van der Waals surface area contributed by atoms with Gasteiger partial charge >= 0.3 is 0 Å². The van der Waals surface area contributed by atoms with Gasteiger partial charge in [0.25, 0.3) is 0 Å². The number of likely N-dealkylation sites (N-methyl/N-ethyl adjacent to an activating group) is 1. The molecule has 18 heavy (non-hydrogen) atoms. The molecule has 0 radical (unpaired) electrons. The number of rotatable bonds is 6. The Morgan fingerprint density at radius 3 is 2.61 bits per heavy atom. The fourth-order valence-electron chi connectivity index (χ4n) is 1.83. The van der Waals surface area contributed by atoms with Crippen LogP contribution in [0.1, 0.15) is 13.3 Å². The molecule has 96 valence electrons. The molecule has 5 heteroatoms. The van der Waals surface area contributed by atoms with E-state index in [0.29, 0.717) is 5.95 Å². The maximum Gasteiger partial charge on any atom is 0.245 e. The van der Waals surface area contributed by atoms with Crippen LogP contribution in [0.5, 0.6) is 0 Å². The van der Waals surface area contributed by atoms with Crippen LogP contribution in [0.2, 0.25) is 0 Å². The molecule has 1 N–H and O–H groups in total. The molecule has 0 saturated heterocycles. The lowest BCUT2D eigenvalue weighted by atomic mass is 10.3. The first-order valence-electron chi connectivity index (χ1n) is 6.34. The van der Waals surface area contributed by atoms with Crippen LogP contribution in [0, 0.1) is 0 Å². The fourth-order valence-corrected chi connectivity index (χ4v) is 1.83. The maximum atomic E-state index is 4.57. The van der Waals surface area contributed by atoms with Crippen molar-refractivity contribution in [3.8, 4) is 0 Å². The third-order valence-corrected chi connectivity index (χ3v) is 2.76. The average Bonchev–Trinajstić information content (AvgIpc) is 2.43. The standard InChI is InChI=1S/C13H19N5/c1-3-9-18(10-8-14-2)13-15-11-6-4-5-7-12(11)16-17-13/h4-7,14H,3,8-10H2,1-2H3. The number of hydrogen-bond acceptors (Lipinski definition) is 5. The number of hydrogen-bond donors (Lipinski definition) is 1. The summed E-state index contributed by atoms with van der Waals surface area (Å²) in [4.78, 5) is 6.73. The highest BCUT2D eigenvalue weighted by Crippen LogP contribution is 2.12. The third-order valence-electron chi connectivity index (χ3n) is 2.76. The van der Waals surface area contributed by atoms with Gasteiger partial charge in [-0.25, -0.2) is 4.98 Å². The second-order valence-corrected chi connectivity index (χ2v) is 4.19.